The fraction of sp³-hybridized carbons (Fsp3) is 0.526. The predicted octanol–water partition coefficient (Wildman–Crippen LogP) is 4.35. The van der Waals surface area contributed by atoms with Crippen LogP contribution in [0.5, 0.6) is 5.75 Å². The Bertz CT molecular complexity index is 762. The Labute approximate surface area is 155 Å². The van der Waals surface area contributed by atoms with Crippen molar-refractivity contribution in [1.29, 1.82) is 0 Å². The SMILES string of the molecule is FC(F)(F)Oc1ccc(-c2nccn2C2CCOC3(CCOCC3)C2)cc1. The summed E-state index contributed by atoms with van der Waals surface area (Å²) in [5.74, 6) is 0.499. The molecule has 0 N–H and O–H groups in total. The Hall–Kier alpha value is -2.06. The molecule has 1 aromatic carbocycles. The molecule has 4 rings (SSSR count). The van der Waals surface area contributed by atoms with E-state index in [0.29, 0.717) is 19.8 Å². The maximum absolute atomic E-state index is 12.3. The van der Waals surface area contributed by atoms with Crippen molar-refractivity contribution >= 4 is 0 Å². The first kappa shape index (κ1) is 18.3. The van der Waals surface area contributed by atoms with Gasteiger partial charge in [0.05, 0.1) is 5.60 Å². The Morgan fingerprint density at radius 1 is 1.11 bits per heavy atom. The van der Waals surface area contributed by atoms with E-state index in [1.807, 2.05) is 6.20 Å². The molecule has 8 heteroatoms. The van der Waals surface area contributed by atoms with E-state index in [-0.39, 0.29) is 17.4 Å². The third kappa shape index (κ3) is 4.11. The monoisotopic (exact) mass is 382 g/mol. The highest BCUT2D eigenvalue weighted by atomic mass is 19.4. The average Bonchev–Trinajstić information content (AvgIpc) is 3.11. The zero-order chi connectivity index (χ0) is 18.9. The molecule has 2 saturated heterocycles. The van der Waals surface area contributed by atoms with Crippen LogP contribution in [0.4, 0.5) is 13.2 Å². The highest BCUT2D eigenvalue weighted by molar-refractivity contribution is 5.57. The van der Waals surface area contributed by atoms with Gasteiger partial charge in [0, 0.05) is 43.8 Å². The number of aromatic nitrogens is 2. The average molecular weight is 382 g/mol. The van der Waals surface area contributed by atoms with Crippen molar-refractivity contribution in [2.45, 2.75) is 43.7 Å². The number of alkyl halides is 3. The van der Waals surface area contributed by atoms with Crippen molar-refractivity contribution in [1.82, 2.24) is 9.55 Å². The molecular formula is C19H21F3N2O3. The molecule has 27 heavy (non-hydrogen) atoms. The van der Waals surface area contributed by atoms with Gasteiger partial charge in [0.1, 0.15) is 11.6 Å². The van der Waals surface area contributed by atoms with E-state index in [2.05, 4.69) is 14.3 Å². The summed E-state index contributed by atoms with van der Waals surface area (Å²) in [6.45, 7) is 2.11. The molecule has 1 unspecified atom stereocenters. The molecule has 2 aromatic rings. The predicted molar refractivity (Wildman–Crippen MR) is 91.4 cm³/mol. The Balaban J connectivity index is 1.54. The summed E-state index contributed by atoms with van der Waals surface area (Å²) in [6, 6.07) is 6.06. The Kier molecular flexibility index (Phi) is 4.86. The molecule has 0 radical (unpaired) electrons. The van der Waals surface area contributed by atoms with E-state index in [4.69, 9.17) is 9.47 Å². The van der Waals surface area contributed by atoms with E-state index >= 15 is 0 Å². The number of rotatable bonds is 3. The molecule has 5 nitrogen and oxygen atoms in total. The zero-order valence-corrected chi connectivity index (χ0v) is 14.7. The second kappa shape index (κ2) is 7.16. The number of imidazole rings is 1. The summed E-state index contributed by atoms with van der Waals surface area (Å²) >= 11 is 0. The second-order valence-electron chi connectivity index (χ2n) is 7.02. The summed E-state index contributed by atoms with van der Waals surface area (Å²) in [4.78, 5) is 4.43. The largest absolute Gasteiger partial charge is 0.573 e. The van der Waals surface area contributed by atoms with Crippen LogP contribution in [0.15, 0.2) is 36.7 Å². The molecule has 0 amide bonds. The number of benzene rings is 1. The van der Waals surface area contributed by atoms with E-state index in [9.17, 15) is 13.2 Å². The van der Waals surface area contributed by atoms with Crippen LogP contribution in [0.2, 0.25) is 0 Å². The molecule has 3 heterocycles. The minimum atomic E-state index is -4.69. The van der Waals surface area contributed by atoms with Crippen LogP contribution in [0, 0.1) is 0 Å². The lowest BCUT2D eigenvalue weighted by Gasteiger charge is -2.43. The standard InChI is InChI=1S/C19H21F3N2O3/c20-19(21,22)27-16-3-1-14(2-4-16)17-23-8-9-24(17)15-5-10-26-18(13-15)6-11-25-12-7-18/h1-4,8-9,15H,5-7,10-13H2. The Morgan fingerprint density at radius 2 is 1.85 bits per heavy atom. The van der Waals surface area contributed by atoms with Crippen molar-refractivity contribution in [2.75, 3.05) is 19.8 Å². The molecule has 0 aliphatic carbocycles. The van der Waals surface area contributed by atoms with E-state index < -0.39 is 6.36 Å². The second-order valence-corrected chi connectivity index (χ2v) is 7.02. The van der Waals surface area contributed by atoms with Crippen LogP contribution in [0.25, 0.3) is 11.4 Å². The maximum atomic E-state index is 12.3. The lowest BCUT2D eigenvalue weighted by atomic mass is 9.84. The Morgan fingerprint density at radius 3 is 2.56 bits per heavy atom. The quantitative estimate of drug-likeness (QED) is 0.792. The van der Waals surface area contributed by atoms with Gasteiger partial charge in [-0.15, -0.1) is 13.2 Å². The van der Waals surface area contributed by atoms with Crippen LogP contribution < -0.4 is 4.74 Å². The summed E-state index contributed by atoms with van der Waals surface area (Å²) in [5.41, 5.74) is 0.606. The molecule has 1 atom stereocenters. The number of halogens is 3. The summed E-state index contributed by atoms with van der Waals surface area (Å²) in [7, 11) is 0. The number of nitrogens with zero attached hydrogens (tertiary/aromatic N) is 2. The molecule has 2 fully saturated rings. The van der Waals surface area contributed by atoms with Gasteiger partial charge in [0.2, 0.25) is 0 Å². The molecule has 1 spiro atoms. The third-order valence-electron chi connectivity index (χ3n) is 5.28. The summed E-state index contributed by atoms with van der Waals surface area (Å²) < 4.78 is 54.6. The first-order valence-corrected chi connectivity index (χ1v) is 9.05. The van der Waals surface area contributed by atoms with Crippen molar-refractivity contribution in [3.05, 3.63) is 36.7 Å². The van der Waals surface area contributed by atoms with Gasteiger partial charge in [0.15, 0.2) is 0 Å². The van der Waals surface area contributed by atoms with Crippen LogP contribution in [-0.2, 0) is 9.47 Å². The van der Waals surface area contributed by atoms with Gasteiger partial charge in [-0.1, -0.05) is 0 Å². The van der Waals surface area contributed by atoms with E-state index in [0.717, 1.165) is 37.1 Å². The highest BCUT2D eigenvalue weighted by Gasteiger charge is 2.40. The van der Waals surface area contributed by atoms with Gasteiger partial charge in [-0.3, -0.25) is 0 Å². The van der Waals surface area contributed by atoms with Gasteiger partial charge in [-0.25, -0.2) is 4.98 Å². The molecular weight excluding hydrogens is 361 g/mol. The molecule has 2 aliphatic rings. The van der Waals surface area contributed by atoms with Crippen molar-refractivity contribution in [3.8, 4) is 17.1 Å². The van der Waals surface area contributed by atoms with Crippen molar-refractivity contribution < 1.29 is 27.4 Å². The fourth-order valence-corrected chi connectivity index (χ4v) is 3.97. The molecule has 1 aromatic heterocycles. The smallest absolute Gasteiger partial charge is 0.406 e. The fourth-order valence-electron chi connectivity index (χ4n) is 3.97. The van der Waals surface area contributed by atoms with E-state index in [1.54, 1.807) is 18.3 Å². The first-order valence-electron chi connectivity index (χ1n) is 9.05. The van der Waals surface area contributed by atoms with Crippen molar-refractivity contribution in [2.24, 2.45) is 0 Å². The van der Waals surface area contributed by atoms with Crippen molar-refractivity contribution in [3.63, 3.8) is 0 Å². The maximum Gasteiger partial charge on any atom is 0.573 e. The molecule has 0 saturated carbocycles. The first-order chi connectivity index (χ1) is 12.9. The number of ether oxygens (including phenoxy) is 3. The molecule has 0 bridgehead atoms. The minimum Gasteiger partial charge on any atom is -0.406 e. The van der Waals surface area contributed by atoms with Crippen LogP contribution in [-0.4, -0.2) is 41.3 Å². The van der Waals surface area contributed by atoms with Gasteiger partial charge in [0.25, 0.3) is 0 Å². The van der Waals surface area contributed by atoms with Crippen LogP contribution in [0.3, 0.4) is 0 Å². The van der Waals surface area contributed by atoms with Crippen LogP contribution in [0.1, 0.15) is 31.7 Å². The highest BCUT2D eigenvalue weighted by Crippen LogP contribution is 2.40. The molecule has 146 valence electrons. The van der Waals surface area contributed by atoms with Gasteiger partial charge in [-0.2, -0.15) is 0 Å². The third-order valence-corrected chi connectivity index (χ3v) is 5.28. The van der Waals surface area contributed by atoms with Gasteiger partial charge < -0.3 is 18.8 Å². The normalized spacial score (nSPS) is 22.7. The minimum absolute atomic E-state index is 0.146. The number of hydrogen-bond donors (Lipinski definition) is 0. The zero-order valence-electron chi connectivity index (χ0n) is 14.7. The molecule has 2 aliphatic heterocycles. The lowest BCUT2D eigenvalue weighted by Crippen LogP contribution is -2.44. The van der Waals surface area contributed by atoms with Crippen LogP contribution >= 0.6 is 0 Å². The van der Waals surface area contributed by atoms with Gasteiger partial charge >= 0.3 is 6.36 Å². The lowest BCUT2D eigenvalue weighted by molar-refractivity contribution is -0.274. The number of hydrogen-bond acceptors (Lipinski definition) is 4. The summed E-state index contributed by atoms with van der Waals surface area (Å²) in [5, 5.41) is 0. The van der Waals surface area contributed by atoms with E-state index in [1.165, 1.54) is 12.1 Å². The topological polar surface area (TPSA) is 45.5 Å². The summed E-state index contributed by atoms with van der Waals surface area (Å²) in [6.07, 6.45) is 2.49. The van der Waals surface area contributed by atoms with Gasteiger partial charge in [-0.05, 0) is 49.9 Å².